The van der Waals surface area contributed by atoms with Gasteiger partial charge in [0.25, 0.3) is 5.91 Å². The van der Waals surface area contributed by atoms with E-state index in [1.54, 1.807) is 25.3 Å². The highest BCUT2D eigenvalue weighted by Crippen LogP contribution is 2.38. The third kappa shape index (κ3) is 3.28. The summed E-state index contributed by atoms with van der Waals surface area (Å²) >= 11 is 6.24. The first-order chi connectivity index (χ1) is 13.1. The Labute approximate surface area is 161 Å². The van der Waals surface area contributed by atoms with Crippen LogP contribution in [0.1, 0.15) is 21.7 Å². The standard InChI is InChI=1S/C20H18ClNO5/c1-11-14-9-13(24-2)3-4-16(14)27-18(11)20(23)22-10-12-7-15(21)19-17(8-12)25-5-6-26-19/h3-4,7-9H,5-6,10H2,1-2H3,(H,22,23). The third-order valence-corrected chi connectivity index (χ3v) is 4.74. The zero-order valence-electron chi connectivity index (χ0n) is 14.9. The molecule has 1 N–H and O–H groups in total. The Kier molecular flexibility index (Phi) is 4.58. The lowest BCUT2D eigenvalue weighted by molar-refractivity contribution is 0.0924. The van der Waals surface area contributed by atoms with Gasteiger partial charge in [0.2, 0.25) is 0 Å². The average molecular weight is 388 g/mol. The van der Waals surface area contributed by atoms with Gasteiger partial charge in [-0.25, -0.2) is 0 Å². The molecule has 0 aliphatic carbocycles. The van der Waals surface area contributed by atoms with Gasteiger partial charge in [-0.15, -0.1) is 0 Å². The van der Waals surface area contributed by atoms with E-state index in [-0.39, 0.29) is 18.2 Å². The van der Waals surface area contributed by atoms with E-state index in [4.69, 9.17) is 30.2 Å². The number of furan rings is 1. The third-order valence-electron chi connectivity index (χ3n) is 4.46. The van der Waals surface area contributed by atoms with Gasteiger partial charge in [0.05, 0.1) is 12.1 Å². The second-order valence-corrected chi connectivity index (χ2v) is 6.61. The van der Waals surface area contributed by atoms with Gasteiger partial charge < -0.3 is 23.9 Å². The average Bonchev–Trinajstić information content (AvgIpc) is 3.02. The molecule has 2 heterocycles. The minimum Gasteiger partial charge on any atom is -0.497 e. The lowest BCUT2D eigenvalue weighted by Gasteiger charge is -2.20. The van der Waals surface area contributed by atoms with Crippen molar-refractivity contribution in [1.29, 1.82) is 0 Å². The quantitative estimate of drug-likeness (QED) is 0.729. The Morgan fingerprint density at radius 3 is 2.85 bits per heavy atom. The SMILES string of the molecule is COc1ccc2oc(C(=O)NCc3cc(Cl)c4c(c3)OCCO4)c(C)c2c1. The maximum Gasteiger partial charge on any atom is 0.287 e. The fourth-order valence-corrected chi connectivity index (χ4v) is 3.36. The number of hydrogen-bond acceptors (Lipinski definition) is 5. The molecule has 0 radical (unpaired) electrons. The molecule has 1 amide bonds. The summed E-state index contributed by atoms with van der Waals surface area (Å²) in [5, 5.41) is 4.17. The first kappa shape index (κ1) is 17.5. The van der Waals surface area contributed by atoms with Crippen LogP contribution in [0.3, 0.4) is 0 Å². The zero-order chi connectivity index (χ0) is 19.0. The topological polar surface area (TPSA) is 69.9 Å². The summed E-state index contributed by atoms with van der Waals surface area (Å²) in [5.41, 5.74) is 2.22. The van der Waals surface area contributed by atoms with Crippen LogP contribution < -0.4 is 19.5 Å². The van der Waals surface area contributed by atoms with Crippen molar-refractivity contribution in [2.75, 3.05) is 20.3 Å². The molecule has 7 heteroatoms. The van der Waals surface area contributed by atoms with E-state index < -0.39 is 0 Å². The van der Waals surface area contributed by atoms with Crippen molar-refractivity contribution in [3.63, 3.8) is 0 Å². The maximum absolute atomic E-state index is 12.6. The highest BCUT2D eigenvalue weighted by Gasteiger charge is 2.20. The van der Waals surface area contributed by atoms with Crippen LogP contribution in [-0.4, -0.2) is 26.2 Å². The van der Waals surface area contributed by atoms with Crippen molar-refractivity contribution in [2.24, 2.45) is 0 Å². The van der Waals surface area contributed by atoms with Crippen molar-refractivity contribution in [2.45, 2.75) is 13.5 Å². The first-order valence-electron chi connectivity index (χ1n) is 8.50. The van der Waals surface area contributed by atoms with Crippen molar-refractivity contribution in [3.8, 4) is 17.2 Å². The molecule has 0 saturated carbocycles. The minimum absolute atomic E-state index is 0.280. The molecule has 140 valence electrons. The van der Waals surface area contributed by atoms with Gasteiger partial charge in [0.1, 0.15) is 24.5 Å². The molecule has 0 fully saturated rings. The van der Waals surface area contributed by atoms with Crippen LogP contribution in [0.4, 0.5) is 0 Å². The van der Waals surface area contributed by atoms with Crippen LogP contribution in [0.2, 0.25) is 5.02 Å². The summed E-state index contributed by atoms with van der Waals surface area (Å²) in [4.78, 5) is 12.6. The molecular weight excluding hydrogens is 370 g/mol. The predicted octanol–water partition coefficient (Wildman–Crippen LogP) is 4.10. The zero-order valence-corrected chi connectivity index (χ0v) is 15.7. The second-order valence-electron chi connectivity index (χ2n) is 6.20. The van der Waals surface area contributed by atoms with E-state index in [0.29, 0.717) is 41.1 Å². The summed E-state index contributed by atoms with van der Waals surface area (Å²) in [6, 6.07) is 9.01. The normalized spacial score (nSPS) is 12.9. The number of fused-ring (bicyclic) bond motifs is 2. The predicted molar refractivity (Wildman–Crippen MR) is 101 cm³/mol. The minimum atomic E-state index is -0.298. The highest BCUT2D eigenvalue weighted by molar-refractivity contribution is 6.32. The Morgan fingerprint density at radius 2 is 2.04 bits per heavy atom. The van der Waals surface area contributed by atoms with Crippen molar-refractivity contribution in [1.82, 2.24) is 5.32 Å². The Balaban J connectivity index is 1.54. The van der Waals surface area contributed by atoms with Crippen LogP contribution in [0.25, 0.3) is 11.0 Å². The molecule has 0 saturated heterocycles. The van der Waals surface area contributed by atoms with Gasteiger partial charge in [-0.2, -0.15) is 0 Å². The monoisotopic (exact) mass is 387 g/mol. The van der Waals surface area contributed by atoms with Crippen LogP contribution >= 0.6 is 11.6 Å². The number of benzene rings is 2. The van der Waals surface area contributed by atoms with Gasteiger partial charge in [0.15, 0.2) is 17.3 Å². The Hall–Kier alpha value is -2.86. The number of hydrogen-bond donors (Lipinski definition) is 1. The van der Waals surface area contributed by atoms with Gasteiger partial charge >= 0.3 is 0 Å². The Bertz CT molecular complexity index is 1030. The summed E-state index contributed by atoms with van der Waals surface area (Å²) in [6.07, 6.45) is 0. The molecule has 6 nitrogen and oxygen atoms in total. The Morgan fingerprint density at radius 1 is 1.22 bits per heavy atom. The van der Waals surface area contributed by atoms with Gasteiger partial charge in [-0.05, 0) is 42.8 Å². The van der Waals surface area contributed by atoms with E-state index in [9.17, 15) is 4.79 Å². The molecule has 1 aliphatic rings. The largest absolute Gasteiger partial charge is 0.497 e. The van der Waals surface area contributed by atoms with Crippen molar-refractivity contribution in [3.05, 3.63) is 52.2 Å². The highest BCUT2D eigenvalue weighted by atomic mass is 35.5. The van der Waals surface area contributed by atoms with E-state index in [1.807, 2.05) is 19.1 Å². The van der Waals surface area contributed by atoms with E-state index in [1.165, 1.54) is 0 Å². The van der Waals surface area contributed by atoms with Gasteiger partial charge in [-0.1, -0.05) is 11.6 Å². The van der Waals surface area contributed by atoms with Crippen LogP contribution in [0.5, 0.6) is 17.2 Å². The molecule has 0 unspecified atom stereocenters. The number of aryl methyl sites for hydroxylation is 1. The summed E-state index contributed by atoms with van der Waals surface area (Å²) in [5.74, 6) is 1.82. The number of amides is 1. The summed E-state index contributed by atoms with van der Waals surface area (Å²) in [7, 11) is 1.60. The van der Waals surface area contributed by atoms with Crippen LogP contribution in [0, 0.1) is 6.92 Å². The molecule has 0 spiro atoms. The van der Waals surface area contributed by atoms with Crippen molar-refractivity contribution < 1.29 is 23.4 Å². The molecule has 27 heavy (non-hydrogen) atoms. The van der Waals surface area contributed by atoms with E-state index in [0.717, 1.165) is 16.5 Å². The fraction of sp³-hybridized carbons (Fsp3) is 0.250. The summed E-state index contributed by atoms with van der Waals surface area (Å²) < 4.78 is 22.0. The smallest absolute Gasteiger partial charge is 0.287 e. The second kappa shape index (κ2) is 7.04. The molecule has 3 aromatic rings. The maximum atomic E-state index is 12.6. The van der Waals surface area contributed by atoms with Crippen LogP contribution in [-0.2, 0) is 6.54 Å². The number of rotatable bonds is 4. The molecule has 2 aromatic carbocycles. The van der Waals surface area contributed by atoms with Crippen molar-refractivity contribution >= 4 is 28.5 Å². The molecule has 4 rings (SSSR count). The molecule has 0 atom stereocenters. The van der Waals surface area contributed by atoms with E-state index >= 15 is 0 Å². The van der Waals surface area contributed by atoms with Crippen LogP contribution in [0.15, 0.2) is 34.7 Å². The fourth-order valence-electron chi connectivity index (χ4n) is 3.07. The number of nitrogens with one attached hydrogen (secondary N) is 1. The van der Waals surface area contributed by atoms with Gasteiger partial charge in [-0.3, -0.25) is 4.79 Å². The molecular formula is C20H18ClNO5. The molecule has 1 aromatic heterocycles. The lowest BCUT2D eigenvalue weighted by atomic mass is 10.1. The van der Waals surface area contributed by atoms with Gasteiger partial charge in [0, 0.05) is 17.5 Å². The summed E-state index contributed by atoms with van der Waals surface area (Å²) in [6.45, 7) is 3.08. The number of halogens is 1. The van der Waals surface area contributed by atoms with E-state index in [2.05, 4.69) is 5.32 Å². The number of ether oxygens (including phenoxy) is 3. The number of methoxy groups -OCH3 is 1. The first-order valence-corrected chi connectivity index (χ1v) is 8.88. The number of carbonyl (C=O) groups is 1. The number of carbonyl (C=O) groups excluding carboxylic acids is 1. The molecule has 1 aliphatic heterocycles. The lowest BCUT2D eigenvalue weighted by Crippen LogP contribution is -2.23. The molecule has 0 bridgehead atoms.